The molecule has 5 nitrogen and oxygen atoms in total. The number of hydrogen-bond acceptors (Lipinski definition) is 3. The van der Waals surface area contributed by atoms with E-state index in [4.69, 9.17) is 0 Å². The van der Waals surface area contributed by atoms with Crippen LogP contribution in [0.3, 0.4) is 0 Å². The Morgan fingerprint density at radius 2 is 2.10 bits per heavy atom. The number of nitrogens with zero attached hydrogens (tertiary/aromatic N) is 2. The number of nitrogens with one attached hydrogen (secondary N) is 3. The summed E-state index contributed by atoms with van der Waals surface area (Å²) in [5, 5.41) is 17.5. The maximum absolute atomic E-state index is 4.56. The normalized spacial score (nSPS) is 12.9. The molecule has 6 heteroatoms. The monoisotopic (exact) mass is 411 g/mol. The number of aryl methyl sites for hydroxylation is 1. The highest BCUT2D eigenvalue weighted by Gasteiger charge is 2.13. The van der Waals surface area contributed by atoms with Gasteiger partial charge in [-0.15, -0.1) is 11.3 Å². The number of aromatic amines is 3. The first-order chi connectivity index (χ1) is 14.6. The summed E-state index contributed by atoms with van der Waals surface area (Å²) in [4.78, 5) is 6.12. The molecular formula is C24H21N5S. The Labute approximate surface area is 177 Å². The molecule has 5 aromatic rings. The van der Waals surface area contributed by atoms with Crippen LogP contribution in [0.15, 0.2) is 54.9 Å². The smallest absolute Gasteiger partial charge is 0.116 e. The summed E-state index contributed by atoms with van der Waals surface area (Å²) >= 11 is 1.81. The van der Waals surface area contributed by atoms with Crippen LogP contribution >= 0.6 is 11.3 Å². The van der Waals surface area contributed by atoms with E-state index in [1.54, 1.807) is 0 Å². The van der Waals surface area contributed by atoms with Crippen molar-refractivity contribution in [2.75, 3.05) is 0 Å². The Hall–Kier alpha value is -3.64. The van der Waals surface area contributed by atoms with Crippen LogP contribution in [0.5, 0.6) is 0 Å². The van der Waals surface area contributed by atoms with Gasteiger partial charge in [-0.3, -0.25) is 10.2 Å². The lowest BCUT2D eigenvalue weighted by atomic mass is 10.1. The molecule has 0 atom stereocenters. The Bertz CT molecular complexity index is 1480. The zero-order valence-corrected chi connectivity index (χ0v) is 17.6. The van der Waals surface area contributed by atoms with E-state index in [1.807, 2.05) is 30.7 Å². The lowest BCUT2D eigenvalue weighted by Gasteiger charge is -1.99. The van der Waals surface area contributed by atoms with E-state index in [2.05, 4.69) is 87.4 Å². The second kappa shape index (κ2) is 7.31. The molecule has 0 fully saturated rings. The minimum Gasteiger partial charge on any atom is -0.353 e. The predicted molar refractivity (Wildman–Crippen MR) is 125 cm³/mol. The van der Waals surface area contributed by atoms with Crippen molar-refractivity contribution < 1.29 is 0 Å². The van der Waals surface area contributed by atoms with Crippen LogP contribution in [-0.4, -0.2) is 25.4 Å². The zero-order valence-electron chi connectivity index (χ0n) is 16.8. The molecule has 0 saturated carbocycles. The van der Waals surface area contributed by atoms with Gasteiger partial charge in [-0.25, -0.2) is 0 Å². The molecule has 0 radical (unpaired) electrons. The average Bonchev–Trinajstić information content (AvgIpc) is 3.53. The van der Waals surface area contributed by atoms with Gasteiger partial charge in [-0.1, -0.05) is 24.8 Å². The van der Waals surface area contributed by atoms with Gasteiger partial charge in [0, 0.05) is 43.2 Å². The van der Waals surface area contributed by atoms with E-state index in [1.165, 1.54) is 20.7 Å². The largest absolute Gasteiger partial charge is 0.353 e. The molecule has 0 spiro atoms. The third-order valence-corrected chi connectivity index (χ3v) is 6.28. The van der Waals surface area contributed by atoms with Gasteiger partial charge in [0.15, 0.2) is 0 Å². The van der Waals surface area contributed by atoms with Crippen molar-refractivity contribution in [2.24, 2.45) is 0 Å². The molecule has 0 aliphatic rings. The zero-order chi connectivity index (χ0) is 20.7. The second-order valence-corrected chi connectivity index (χ2v) is 8.49. The number of benzene rings is 1. The fourth-order valence-electron chi connectivity index (χ4n) is 3.72. The van der Waals surface area contributed by atoms with E-state index in [9.17, 15) is 0 Å². The molecular weight excluding hydrogens is 390 g/mol. The summed E-state index contributed by atoms with van der Waals surface area (Å²) < 4.78 is 0. The molecule has 3 N–H and O–H groups in total. The number of hydrogen-bond donors (Lipinski definition) is 3. The maximum atomic E-state index is 4.56. The van der Waals surface area contributed by atoms with Crippen LogP contribution in [0.4, 0.5) is 0 Å². The van der Waals surface area contributed by atoms with Crippen LogP contribution in [0, 0.1) is 6.92 Å². The van der Waals surface area contributed by atoms with E-state index < -0.39 is 0 Å². The third-order valence-electron chi connectivity index (χ3n) is 5.25. The van der Waals surface area contributed by atoms with Crippen molar-refractivity contribution in [3.8, 4) is 21.8 Å². The van der Waals surface area contributed by atoms with Gasteiger partial charge in [0.25, 0.3) is 0 Å². The number of allylic oxidation sites excluding steroid dienone is 2. The Morgan fingerprint density at radius 1 is 1.20 bits per heavy atom. The molecule has 0 aliphatic carbocycles. The molecule has 0 aliphatic heterocycles. The van der Waals surface area contributed by atoms with Crippen LogP contribution in [-0.2, 0) is 0 Å². The molecule has 30 heavy (non-hydrogen) atoms. The minimum absolute atomic E-state index is 0.778. The summed E-state index contributed by atoms with van der Waals surface area (Å²) in [6, 6.07) is 12.9. The number of H-pyrrole nitrogens is 3. The number of fused-ring (bicyclic) bond motifs is 1. The fourth-order valence-corrected chi connectivity index (χ4v) is 4.63. The topological polar surface area (TPSA) is 73.2 Å². The number of aromatic nitrogens is 5. The highest BCUT2D eigenvalue weighted by atomic mass is 32.1. The predicted octanol–water partition coefficient (Wildman–Crippen LogP) is 4.61. The Kier molecular flexibility index (Phi) is 4.48. The van der Waals surface area contributed by atoms with Crippen molar-refractivity contribution in [1.29, 1.82) is 0 Å². The van der Waals surface area contributed by atoms with Crippen molar-refractivity contribution >= 4 is 40.5 Å². The lowest BCUT2D eigenvalue weighted by Crippen LogP contribution is -2.22. The molecule has 0 amide bonds. The van der Waals surface area contributed by atoms with E-state index >= 15 is 0 Å². The van der Waals surface area contributed by atoms with E-state index in [-0.39, 0.29) is 0 Å². The summed E-state index contributed by atoms with van der Waals surface area (Å²) in [7, 11) is 0. The van der Waals surface area contributed by atoms with Crippen molar-refractivity contribution in [3.63, 3.8) is 0 Å². The van der Waals surface area contributed by atoms with E-state index in [0.717, 1.165) is 38.6 Å². The van der Waals surface area contributed by atoms with Gasteiger partial charge in [0.2, 0.25) is 0 Å². The van der Waals surface area contributed by atoms with Gasteiger partial charge in [-0.05, 0) is 49.8 Å². The molecule has 1 aromatic carbocycles. The lowest BCUT2D eigenvalue weighted by molar-refractivity contribution is 1.06. The van der Waals surface area contributed by atoms with Gasteiger partial charge in [0.1, 0.15) is 5.69 Å². The van der Waals surface area contributed by atoms with Gasteiger partial charge in [0.05, 0.1) is 17.2 Å². The highest BCUT2D eigenvalue weighted by molar-refractivity contribution is 7.15. The Morgan fingerprint density at radius 3 is 2.83 bits per heavy atom. The molecule has 0 bridgehead atoms. The standard InChI is InChI=1S/C24H21N5S/c1-4-16(17-12-25-26-13-17)10-19-15(3)28-29-24(19)22-11-20-18(6-5-7-21(20)27-22)23-9-8-14(2)30-23/h4-13,27-28H,3H2,1-2H3,(H,25,26)/b16-4+,19-10+. The molecule has 148 valence electrons. The van der Waals surface area contributed by atoms with E-state index in [0.29, 0.717) is 0 Å². The summed E-state index contributed by atoms with van der Waals surface area (Å²) in [6.45, 7) is 8.29. The molecule has 0 saturated heterocycles. The van der Waals surface area contributed by atoms with Crippen molar-refractivity contribution in [1.82, 2.24) is 25.4 Å². The van der Waals surface area contributed by atoms with Gasteiger partial charge < -0.3 is 4.98 Å². The van der Waals surface area contributed by atoms with Crippen LogP contribution in [0.2, 0.25) is 0 Å². The second-order valence-electron chi connectivity index (χ2n) is 7.20. The highest BCUT2D eigenvalue weighted by Crippen LogP contribution is 2.35. The summed E-state index contributed by atoms with van der Waals surface area (Å²) in [6.07, 6.45) is 7.85. The third kappa shape index (κ3) is 3.11. The molecule has 4 aromatic heterocycles. The Balaban J connectivity index is 1.68. The summed E-state index contributed by atoms with van der Waals surface area (Å²) in [5.41, 5.74) is 6.22. The quantitative estimate of drug-likeness (QED) is 0.404. The summed E-state index contributed by atoms with van der Waals surface area (Å²) in [5.74, 6) is 0. The average molecular weight is 412 g/mol. The first-order valence-corrected chi connectivity index (χ1v) is 10.5. The fraction of sp³-hybridized carbons (Fsp3) is 0.0833. The SMILES string of the molecule is C=c1[nH]nc(-c2cc3c(-c4ccc(C)s4)cccc3[nH]2)/c1=C/C(=C\C)c1cn[nH]c1. The van der Waals surface area contributed by atoms with Crippen LogP contribution in [0.25, 0.3) is 51.0 Å². The van der Waals surface area contributed by atoms with Crippen molar-refractivity contribution in [2.45, 2.75) is 13.8 Å². The van der Waals surface area contributed by atoms with Crippen LogP contribution in [0.1, 0.15) is 17.4 Å². The number of rotatable bonds is 4. The van der Waals surface area contributed by atoms with Crippen LogP contribution < -0.4 is 10.6 Å². The van der Waals surface area contributed by atoms with Gasteiger partial charge >= 0.3 is 0 Å². The maximum Gasteiger partial charge on any atom is 0.116 e. The minimum atomic E-state index is 0.778. The molecule has 4 heterocycles. The molecule has 0 unspecified atom stereocenters. The van der Waals surface area contributed by atoms with Gasteiger partial charge in [-0.2, -0.15) is 10.2 Å². The first-order valence-electron chi connectivity index (χ1n) is 9.73. The number of thiophene rings is 1. The van der Waals surface area contributed by atoms with Crippen molar-refractivity contribution in [3.05, 3.63) is 75.9 Å². The molecule has 5 rings (SSSR count). The first kappa shape index (κ1) is 18.4.